The van der Waals surface area contributed by atoms with Crippen LogP contribution in [0.3, 0.4) is 0 Å². The largest absolute Gasteiger partial charge is 0.481 e. The lowest BCUT2D eigenvalue weighted by molar-refractivity contribution is -0.139. The molecule has 1 aromatic rings. The van der Waals surface area contributed by atoms with Gasteiger partial charge < -0.3 is 111 Å². The molecule has 2 saturated carbocycles. The van der Waals surface area contributed by atoms with Crippen molar-refractivity contribution in [1.29, 1.82) is 0 Å². The third-order valence-corrected chi connectivity index (χ3v) is 24.7. The minimum Gasteiger partial charge on any atom is -0.481 e. The van der Waals surface area contributed by atoms with Gasteiger partial charge in [-0.3, -0.25) is 62.3 Å². The van der Waals surface area contributed by atoms with Crippen molar-refractivity contribution in [2.45, 2.75) is 298 Å². The maximum Gasteiger partial charge on any atom is 0.303 e. The molecular weight excluding hydrogens is 1510 g/mol. The van der Waals surface area contributed by atoms with Crippen molar-refractivity contribution < 1.29 is 87.5 Å². The summed E-state index contributed by atoms with van der Waals surface area (Å²) >= 11 is 2.75. The fourth-order valence-corrected chi connectivity index (χ4v) is 17.7. The summed E-state index contributed by atoms with van der Waals surface area (Å²) < 4.78 is 5.76. The van der Waals surface area contributed by atoms with Crippen molar-refractivity contribution in [3.05, 3.63) is 35.4 Å². The first-order valence-corrected chi connectivity index (χ1v) is 43.1. The number of piperidine rings is 1. The number of hydrogen-bond donors (Lipinski definition) is 20. The van der Waals surface area contributed by atoms with Crippen molar-refractivity contribution >= 4 is 100 Å². The number of fused-ring (bicyclic) bond motifs is 3. The van der Waals surface area contributed by atoms with Gasteiger partial charge in [-0.15, -0.1) is 0 Å². The second-order valence-corrected chi connectivity index (χ2v) is 34.9. The highest BCUT2D eigenvalue weighted by Gasteiger charge is 2.44. The number of rotatable bonds is 19. The summed E-state index contributed by atoms with van der Waals surface area (Å²) in [6.07, 6.45) is 0.793. The third kappa shape index (κ3) is 30.0. The van der Waals surface area contributed by atoms with Gasteiger partial charge in [-0.25, -0.2) is 0 Å². The van der Waals surface area contributed by atoms with Crippen LogP contribution in [-0.4, -0.2) is 245 Å². The fourth-order valence-electron chi connectivity index (χ4n) is 15.8. The van der Waals surface area contributed by atoms with Crippen LogP contribution in [0.2, 0.25) is 0 Å². The highest BCUT2D eigenvalue weighted by molar-refractivity contribution is 7.98. The zero-order chi connectivity index (χ0) is 83.3. The lowest BCUT2D eigenvalue weighted by atomic mass is 9.82. The van der Waals surface area contributed by atoms with E-state index in [-0.39, 0.29) is 93.0 Å². The number of hydrogen-bond acceptors (Lipinski definition) is 23. The second kappa shape index (κ2) is 46.6. The average molecular weight is 1640 g/mol. The molecule has 6 aliphatic rings. The van der Waals surface area contributed by atoms with E-state index in [2.05, 4.69) is 79.8 Å². The van der Waals surface area contributed by atoms with E-state index in [4.69, 9.17) is 10.5 Å². The number of carboxylic acids is 1. The van der Waals surface area contributed by atoms with Crippen molar-refractivity contribution in [3.8, 4) is 0 Å². The number of aliphatic hydroxyl groups excluding tert-OH is 3. The number of benzene rings is 1. The molecule has 0 radical (unpaired) electrons. The van der Waals surface area contributed by atoms with E-state index in [1.807, 2.05) is 24.3 Å². The maximum atomic E-state index is 15.3. The molecule has 12 amide bonds. The average Bonchev–Trinajstić information content (AvgIpc) is 1.50. The molecule has 0 aromatic heterocycles. The van der Waals surface area contributed by atoms with Gasteiger partial charge in [0.05, 0.1) is 30.6 Å². The smallest absolute Gasteiger partial charge is 0.303 e. The lowest BCUT2D eigenvalue weighted by Crippen LogP contribution is -2.63. The number of amides is 12. The van der Waals surface area contributed by atoms with E-state index in [9.17, 15) is 63.6 Å². The molecule has 2 aliphatic carbocycles. The molecule has 34 nitrogen and oxygen atoms in total. The van der Waals surface area contributed by atoms with E-state index in [1.54, 1.807) is 34.6 Å². The molecule has 21 N–H and O–H groups in total. The number of methoxy groups -OCH3 is 1. The normalized spacial score (nSPS) is 32.3. The molecule has 4 heterocycles. The maximum absolute atomic E-state index is 15.3. The van der Waals surface area contributed by atoms with Crippen molar-refractivity contribution in [1.82, 2.24) is 79.8 Å². The molecule has 640 valence electrons. The highest BCUT2D eigenvalue weighted by Crippen LogP contribution is 2.34. The van der Waals surface area contributed by atoms with Crippen LogP contribution < -0.4 is 85.5 Å². The first-order chi connectivity index (χ1) is 54.2. The number of nitrogens with two attached hydrogens (primary N) is 1. The number of aliphatic hydroxyl groups is 3. The van der Waals surface area contributed by atoms with Crippen molar-refractivity contribution in [2.75, 3.05) is 44.9 Å². The summed E-state index contributed by atoms with van der Waals surface area (Å²) in [6, 6.07) is -8.40. The van der Waals surface area contributed by atoms with Gasteiger partial charge in [0.2, 0.25) is 70.9 Å². The van der Waals surface area contributed by atoms with Gasteiger partial charge in [-0.05, 0) is 176 Å². The zero-order valence-electron chi connectivity index (χ0n) is 67.3. The van der Waals surface area contributed by atoms with Gasteiger partial charge >= 0.3 is 5.97 Å². The molecule has 5 fully saturated rings. The Kier molecular flexibility index (Phi) is 38.4. The van der Waals surface area contributed by atoms with Gasteiger partial charge in [0.1, 0.15) is 66.5 Å². The molecule has 7 rings (SSSR count). The molecule has 17 atom stereocenters. The van der Waals surface area contributed by atoms with Crippen LogP contribution >= 0.6 is 23.5 Å². The SMILES string of the molecule is CCC[C@@H]1NC(=O)[C@H](CC2CNC3NCCCC23)NC(=O)[C@H]([C@@H](C)OC)NC(=O)[C@H](CC2CNCN2)NC(=O)[C@H](CC2CCC(O)CC2)NC(=O)[C@H](C(C)(C)C)NC(=O)CCSCc2cccc(c2)CSC[C@@H](C(N)=O)NC(=O)[C@H]([C@@H](C)O)NC(=O)[C@H](CCC)NC(=O)[C@H](CC2CCC(O)CC2)NC(=O)[C@H](CCC(=O)O)NC1=O. The number of carbonyl (C=O) groups is 13. The van der Waals surface area contributed by atoms with Crippen LogP contribution in [0.25, 0.3) is 0 Å². The monoisotopic (exact) mass is 1640 g/mol. The Bertz CT molecular complexity index is 3390. The Morgan fingerprint density at radius 3 is 1.56 bits per heavy atom. The predicted octanol–water partition coefficient (Wildman–Crippen LogP) is -0.972. The highest BCUT2D eigenvalue weighted by atomic mass is 32.2. The number of primary amides is 1. The quantitative estimate of drug-likeness (QED) is 0.0792. The van der Waals surface area contributed by atoms with E-state index in [0.717, 1.165) is 30.5 Å². The Morgan fingerprint density at radius 1 is 0.561 bits per heavy atom. The van der Waals surface area contributed by atoms with Crippen molar-refractivity contribution in [3.63, 3.8) is 0 Å². The van der Waals surface area contributed by atoms with E-state index in [1.165, 1.54) is 44.5 Å². The minimum atomic E-state index is -1.68. The van der Waals surface area contributed by atoms with E-state index >= 15 is 19.2 Å². The fraction of sp³-hybridized carbons (Fsp3) is 0.756. The number of nitrogens with one attached hydrogen (secondary N) is 15. The molecule has 36 heteroatoms. The number of aliphatic carboxylic acids is 1. The summed E-state index contributed by atoms with van der Waals surface area (Å²) in [4.78, 5) is 188. The van der Waals surface area contributed by atoms with Gasteiger partial charge in [0.15, 0.2) is 0 Å². The predicted molar refractivity (Wildman–Crippen MR) is 428 cm³/mol. The van der Waals surface area contributed by atoms with Crippen LogP contribution in [0.1, 0.15) is 194 Å². The van der Waals surface area contributed by atoms with Crippen LogP contribution in [-0.2, 0) is 78.6 Å². The first kappa shape index (κ1) is 93.9. The summed E-state index contributed by atoms with van der Waals surface area (Å²) in [5.41, 5.74) is 6.70. The van der Waals surface area contributed by atoms with Crippen LogP contribution in [0.5, 0.6) is 0 Å². The zero-order valence-corrected chi connectivity index (χ0v) is 69.0. The molecule has 0 spiro atoms. The van der Waals surface area contributed by atoms with Gasteiger partial charge in [-0.1, -0.05) is 71.7 Å². The molecule has 2 bridgehead atoms. The number of thioether (sulfide) groups is 2. The second-order valence-electron chi connectivity index (χ2n) is 32.8. The Balaban J connectivity index is 1.23. The van der Waals surface area contributed by atoms with Crippen LogP contribution in [0.15, 0.2) is 24.3 Å². The molecule has 1 aromatic carbocycles. The molecule has 4 unspecified atom stereocenters. The topological polar surface area (TPSA) is 519 Å². The molecular formula is C78H128N16O18S2. The molecule has 3 saturated heterocycles. The van der Waals surface area contributed by atoms with Crippen molar-refractivity contribution in [2.24, 2.45) is 34.8 Å². The Morgan fingerprint density at radius 2 is 1.04 bits per heavy atom. The van der Waals surface area contributed by atoms with Crippen LogP contribution in [0.4, 0.5) is 0 Å². The third-order valence-electron chi connectivity index (χ3n) is 22.5. The summed E-state index contributed by atoms with van der Waals surface area (Å²) in [5, 5.41) is 85.9. The Hall–Kier alpha value is -7.29. The minimum absolute atomic E-state index is 0.00237. The number of ether oxygens (including phenoxy) is 1. The van der Waals surface area contributed by atoms with E-state index in [0.29, 0.717) is 94.8 Å². The summed E-state index contributed by atoms with van der Waals surface area (Å²) in [5.74, 6) is -10.7. The number of carboxylic acid groups (broad SMARTS) is 1. The van der Waals surface area contributed by atoms with Gasteiger partial charge in [0.25, 0.3) is 0 Å². The molecule has 114 heavy (non-hydrogen) atoms. The number of carbonyl (C=O) groups excluding carboxylic acids is 12. The summed E-state index contributed by atoms with van der Waals surface area (Å²) in [7, 11) is 1.33. The van der Waals surface area contributed by atoms with E-state index < -0.39 is 186 Å². The summed E-state index contributed by atoms with van der Waals surface area (Å²) in [6.45, 7) is 13.5. The lowest BCUT2D eigenvalue weighted by Gasteiger charge is -2.34. The molecule has 4 aliphatic heterocycles. The van der Waals surface area contributed by atoms with Crippen LogP contribution in [0, 0.1) is 29.1 Å². The van der Waals surface area contributed by atoms with Gasteiger partial charge in [0, 0.05) is 62.2 Å². The standard InChI is InChI=1S/C78H128N16O18S2/c1-9-13-53-68(102)86-55(26-27-62(99)100)69(103)87-56(32-44-18-22-50(96)23-19-44)71(105)85-54(14-10-2)70(104)93-63(42(3)95)75(109)91-60(66(79)101)40-114-39-47-16-11-15-46(31-47)38-113-30-28-61(98)92-65(78(5,6)7)77(111)90-57(33-45-20-24-51(97)25-21-45)72(106)88-59(35-49-37-80-41-83-49)74(108)94-64(43(4)112-8)76(110)89-58(73(107)84-53)34-48-36-82-67-52(48)17-12-29-81-67/h11,15-16,31,42-45,48-60,63-65,67,80-83,95-97H,9-10,12-14,17-30,32-41H2,1-8H3,(H2,79,101)(H,84,107)(H,85,105)(H,86,102)(H,87,103)(H,88,106)(H,89,110)(H,90,111)(H,91,109)(H,92,98)(H,93,104)(H,94,108)(H,99,100)/t42-,43-,44?,45?,48?,49?,50?,51?,52?,53+,54+,55+,56+,57+,58+,59+,60+,63+,64+,65-,67?/m1/s1. The first-order valence-electron chi connectivity index (χ1n) is 40.8. The van der Waals surface area contributed by atoms with Gasteiger partial charge in [-0.2, -0.15) is 23.5 Å². The Labute approximate surface area is 677 Å².